The molecule has 0 spiro atoms. The van der Waals surface area contributed by atoms with E-state index >= 15 is 0 Å². The van der Waals surface area contributed by atoms with Crippen LogP contribution in [0.5, 0.6) is 0 Å². The molecule has 118 valence electrons. The van der Waals surface area contributed by atoms with E-state index in [1.807, 2.05) is 0 Å². The monoisotopic (exact) mass is 401 g/mol. The molecular formula is C17H28IN3. The Hall–Kier alpha value is -0.780. The molecule has 3 nitrogen and oxygen atoms in total. The average molecular weight is 401 g/mol. The van der Waals surface area contributed by atoms with Crippen LogP contribution in [0.2, 0.25) is 0 Å². The van der Waals surface area contributed by atoms with Gasteiger partial charge in [0.05, 0.1) is 0 Å². The minimum absolute atomic E-state index is 0. The zero-order valence-corrected chi connectivity index (χ0v) is 15.7. The van der Waals surface area contributed by atoms with E-state index in [9.17, 15) is 0 Å². The third-order valence-corrected chi connectivity index (χ3v) is 4.60. The van der Waals surface area contributed by atoms with Crippen molar-refractivity contribution >= 4 is 29.9 Å². The standard InChI is InChI=1S/C17H27N3.HI/c1-13(2)14-6-8-15(9-7-14)17(10-4-5-11-17)12-20-16(18)19-3;/h6-9,13H,4-5,10-12H2,1-3H3,(H3,18,19,20);1H. The summed E-state index contributed by atoms with van der Waals surface area (Å²) in [6.45, 7) is 5.36. The molecule has 0 aromatic heterocycles. The van der Waals surface area contributed by atoms with Crippen LogP contribution in [0.1, 0.15) is 56.6 Å². The Morgan fingerprint density at radius 2 is 1.81 bits per heavy atom. The number of guanidine groups is 1. The third-order valence-electron chi connectivity index (χ3n) is 4.60. The first-order valence-electron chi connectivity index (χ1n) is 7.64. The Kier molecular flexibility index (Phi) is 6.97. The molecule has 1 aliphatic rings. The SMILES string of the molecule is CN=C(N)NCC1(c2ccc(C(C)C)cc2)CCCC1.I. The fraction of sp³-hybridized carbons (Fsp3) is 0.588. The van der Waals surface area contributed by atoms with Crippen LogP contribution in [-0.2, 0) is 5.41 Å². The summed E-state index contributed by atoms with van der Waals surface area (Å²) in [6, 6.07) is 9.16. The van der Waals surface area contributed by atoms with Crippen LogP contribution >= 0.6 is 24.0 Å². The summed E-state index contributed by atoms with van der Waals surface area (Å²) in [5.41, 5.74) is 8.87. The summed E-state index contributed by atoms with van der Waals surface area (Å²) in [5, 5.41) is 3.28. The first-order chi connectivity index (χ1) is 9.57. The fourth-order valence-electron chi connectivity index (χ4n) is 3.18. The maximum atomic E-state index is 5.79. The second-order valence-corrected chi connectivity index (χ2v) is 6.23. The van der Waals surface area contributed by atoms with Gasteiger partial charge in [-0.15, -0.1) is 24.0 Å². The van der Waals surface area contributed by atoms with Gasteiger partial charge < -0.3 is 11.1 Å². The summed E-state index contributed by atoms with van der Waals surface area (Å²) in [5.74, 6) is 1.12. The minimum Gasteiger partial charge on any atom is -0.370 e. The van der Waals surface area contributed by atoms with Crippen molar-refractivity contribution in [2.75, 3.05) is 13.6 Å². The predicted octanol–water partition coefficient (Wildman–Crippen LogP) is 3.77. The molecule has 0 radical (unpaired) electrons. The maximum Gasteiger partial charge on any atom is 0.188 e. The van der Waals surface area contributed by atoms with Gasteiger partial charge in [0.25, 0.3) is 0 Å². The number of aliphatic imine (C=N–C) groups is 1. The number of rotatable bonds is 4. The van der Waals surface area contributed by atoms with Crippen molar-refractivity contribution in [1.29, 1.82) is 0 Å². The van der Waals surface area contributed by atoms with E-state index in [1.165, 1.54) is 36.8 Å². The lowest BCUT2D eigenvalue weighted by atomic mass is 9.78. The molecule has 0 saturated heterocycles. The largest absolute Gasteiger partial charge is 0.370 e. The van der Waals surface area contributed by atoms with Gasteiger partial charge in [-0.05, 0) is 29.9 Å². The number of nitrogens with one attached hydrogen (secondary N) is 1. The highest BCUT2D eigenvalue weighted by molar-refractivity contribution is 14.0. The molecule has 0 bridgehead atoms. The molecule has 2 rings (SSSR count). The van der Waals surface area contributed by atoms with Gasteiger partial charge in [0.1, 0.15) is 0 Å². The summed E-state index contributed by atoms with van der Waals surface area (Å²) in [6.07, 6.45) is 5.07. The van der Waals surface area contributed by atoms with Gasteiger partial charge in [-0.2, -0.15) is 0 Å². The molecule has 0 aliphatic heterocycles. The van der Waals surface area contributed by atoms with Gasteiger partial charge in [-0.25, -0.2) is 0 Å². The Morgan fingerprint density at radius 1 is 1.24 bits per heavy atom. The molecular weight excluding hydrogens is 373 g/mol. The van der Waals surface area contributed by atoms with Crippen molar-refractivity contribution in [1.82, 2.24) is 5.32 Å². The topological polar surface area (TPSA) is 50.4 Å². The lowest BCUT2D eigenvalue weighted by Gasteiger charge is -2.30. The van der Waals surface area contributed by atoms with Crippen molar-refractivity contribution < 1.29 is 0 Å². The quantitative estimate of drug-likeness (QED) is 0.459. The van der Waals surface area contributed by atoms with Crippen LogP contribution in [0.15, 0.2) is 29.3 Å². The van der Waals surface area contributed by atoms with E-state index in [-0.39, 0.29) is 29.4 Å². The predicted molar refractivity (Wildman–Crippen MR) is 102 cm³/mol. The number of hydrogen-bond donors (Lipinski definition) is 2. The smallest absolute Gasteiger partial charge is 0.188 e. The summed E-state index contributed by atoms with van der Waals surface area (Å²) in [7, 11) is 1.72. The molecule has 4 heteroatoms. The van der Waals surface area contributed by atoms with Crippen LogP contribution in [0.4, 0.5) is 0 Å². The van der Waals surface area contributed by atoms with E-state index in [0.29, 0.717) is 11.9 Å². The molecule has 1 aromatic carbocycles. The van der Waals surface area contributed by atoms with Crippen molar-refractivity contribution in [3.8, 4) is 0 Å². The van der Waals surface area contributed by atoms with E-state index in [0.717, 1.165) is 6.54 Å². The number of nitrogens with zero attached hydrogens (tertiary/aromatic N) is 1. The first-order valence-corrected chi connectivity index (χ1v) is 7.64. The summed E-state index contributed by atoms with van der Waals surface area (Å²) < 4.78 is 0. The molecule has 21 heavy (non-hydrogen) atoms. The number of benzene rings is 1. The molecule has 0 heterocycles. The highest BCUT2D eigenvalue weighted by Crippen LogP contribution is 2.40. The van der Waals surface area contributed by atoms with Gasteiger partial charge in [-0.3, -0.25) is 4.99 Å². The van der Waals surface area contributed by atoms with Crippen LogP contribution in [0, 0.1) is 0 Å². The Bertz CT molecular complexity index is 459. The van der Waals surface area contributed by atoms with Crippen LogP contribution < -0.4 is 11.1 Å². The van der Waals surface area contributed by atoms with Gasteiger partial charge in [0, 0.05) is 19.0 Å². The normalized spacial score (nSPS) is 17.6. The zero-order valence-electron chi connectivity index (χ0n) is 13.4. The van der Waals surface area contributed by atoms with Crippen LogP contribution in [0.25, 0.3) is 0 Å². The van der Waals surface area contributed by atoms with Crippen molar-refractivity contribution in [3.63, 3.8) is 0 Å². The Morgan fingerprint density at radius 3 is 2.29 bits per heavy atom. The molecule has 0 unspecified atom stereocenters. The van der Waals surface area contributed by atoms with Crippen LogP contribution in [-0.4, -0.2) is 19.6 Å². The lowest BCUT2D eigenvalue weighted by Crippen LogP contribution is -2.42. The van der Waals surface area contributed by atoms with Crippen molar-refractivity contribution in [2.24, 2.45) is 10.7 Å². The molecule has 1 aromatic rings. The van der Waals surface area contributed by atoms with Gasteiger partial charge in [0.15, 0.2) is 5.96 Å². The fourth-order valence-corrected chi connectivity index (χ4v) is 3.18. The third kappa shape index (κ3) is 4.34. The van der Waals surface area contributed by atoms with Crippen molar-refractivity contribution in [3.05, 3.63) is 35.4 Å². The van der Waals surface area contributed by atoms with E-state index < -0.39 is 0 Å². The number of hydrogen-bond acceptors (Lipinski definition) is 1. The Balaban J connectivity index is 0.00000220. The van der Waals surface area contributed by atoms with E-state index in [4.69, 9.17) is 5.73 Å². The average Bonchev–Trinajstić information content (AvgIpc) is 2.95. The zero-order chi connectivity index (χ0) is 14.6. The second kappa shape index (κ2) is 8.01. The molecule has 0 atom stereocenters. The maximum absolute atomic E-state index is 5.79. The molecule has 3 N–H and O–H groups in total. The molecule has 1 saturated carbocycles. The van der Waals surface area contributed by atoms with Gasteiger partial charge in [0.2, 0.25) is 0 Å². The highest BCUT2D eigenvalue weighted by Gasteiger charge is 2.35. The van der Waals surface area contributed by atoms with Gasteiger partial charge >= 0.3 is 0 Å². The van der Waals surface area contributed by atoms with Crippen molar-refractivity contribution in [2.45, 2.75) is 50.9 Å². The van der Waals surface area contributed by atoms with E-state index in [1.54, 1.807) is 7.05 Å². The summed E-state index contributed by atoms with van der Waals surface area (Å²) in [4.78, 5) is 3.99. The van der Waals surface area contributed by atoms with Gasteiger partial charge in [-0.1, -0.05) is 51.0 Å². The molecule has 0 amide bonds. The van der Waals surface area contributed by atoms with Crippen LogP contribution in [0.3, 0.4) is 0 Å². The molecule has 1 fully saturated rings. The molecule has 1 aliphatic carbocycles. The highest BCUT2D eigenvalue weighted by atomic mass is 127. The minimum atomic E-state index is 0. The summed E-state index contributed by atoms with van der Waals surface area (Å²) >= 11 is 0. The number of halogens is 1. The lowest BCUT2D eigenvalue weighted by molar-refractivity contribution is 0.433. The number of nitrogens with two attached hydrogens (primary N) is 1. The Labute approximate surface area is 145 Å². The first kappa shape index (κ1) is 18.3. The van der Waals surface area contributed by atoms with E-state index in [2.05, 4.69) is 48.4 Å². The second-order valence-electron chi connectivity index (χ2n) is 6.23.